The number of hydrogen-bond donors (Lipinski definition) is 10. The van der Waals surface area contributed by atoms with Crippen molar-refractivity contribution in [3.8, 4) is 0 Å². The van der Waals surface area contributed by atoms with E-state index in [-0.39, 0.29) is 31.8 Å². The fourth-order valence-electron chi connectivity index (χ4n) is 2.89. The Balaban J connectivity index is 3.06. The van der Waals surface area contributed by atoms with E-state index in [9.17, 15) is 29.1 Å². The predicted octanol–water partition coefficient (Wildman–Crippen LogP) is -4.66. The molecule has 1 aromatic rings. The summed E-state index contributed by atoms with van der Waals surface area (Å²) in [6.07, 6.45) is 2.10. The van der Waals surface area contributed by atoms with Gasteiger partial charge in [0.2, 0.25) is 17.7 Å². The molecule has 4 unspecified atom stereocenters. The van der Waals surface area contributed by atoms with Crippen LogP contribution < -0.4 is 33.2 Å². The number of nitrogens with one attached hydrogen (secondary N) is 4. The SMILES string of the molecule is NC(N)=NCCCC(NC(=O)C(Cc1cnc[nH]1)NC(=O)C(N)CC(=O)O)C(=O)NC(CO)C(=O)O. The van der Waals surface area contributed by atoms with Gasteiger partial charge in [-0.1, -0.05) is 0 Å². The van der Waals surface area contributed by atoms with Crippen LogP contribution in [0.15, 0.2) is 17.5 Å². The number of rotatable bonds is 16. The molecule has 13 N–H and O–H groups in total. The molecule has 0 bridgehead atoms. The highest BCUT2D eigenvalue weighted by molar-refractivity contribution is 5.94. The van der Waals surface area contributed by atoms with Crippen molar-refractivity contribution in [1.29, 1.82) is 0 Å². The number of nitrogens with two attached hydrogens (primary N) is 3. The molecule has 36 heavy (non-hydrogen) atoms. The maximum atomic E-state index is 13.1. The van der Waals surface area contributed by atoms with Gasteiger partial charge in [-0.2, -0.15) is 0 Å². The number of H-pyrrole nitrogens is 1. The number of aliphatic hydroxyl groups excluding tert-OH is 1. The fourth-order valence-corrected chi connectivity index (χ4v) is 2.89. The van der Waals surface area contributed by atoms with Gasteiger partial charge in [-0.15, -0.1) is 0 Å². The van der Waals surface area contributed by atoms with Crippen molar-refractivity contribution in [1.82, 2.24) is 25.9 Å². The Bertz CT molecular complexity index is 933. The number of aromatic amines is 1. The van der Waals surface area contributed by atoms with Crippen LogP contribution in [-0.2, 0) is 30.4 Å². The number of aliphatic hydroxyl groups is 1. The second-order valence-corrected chi connectivity index (χ2v) is 7.64. The van der Waals surface area contributed by atoms with Crippen molar-refractivity contribution in [3.05, 3.63) is 18.2 Å². The molecular formula is C19H31N9O8. The van der Waals surface area contributed by atoms with Gasteiger partial charge in [-0.25, -0.2) is 9.78 Å². The lowest BCUT2D eigenvalue weighted by Gasteiger charge is -2.24. The first-order valence-corrected chi connectivity index (χ1v) is 10.7. The maximum Gasteiger partial charge on any atom is 0.328 e. The molecule has 0 saturated carbocycles. The van der Waals surface area contributed by atoms with Crippen LogP contribution in [0, 0.1) is 0 Å². The number of nitrogens with zero attached hydrogens (tertiary/aromatic N) is 2. The van der Waals surface area contributed by atoms with E-state index in [4.69, 9.17) is 27.4 Å². The molecule has 1 rings (SSSR count). The third kappa shape index (κ3) is 10.8. The van der Waals surface area contributed by atoms with Crippen LogP contribution in [0.2, 0.25) is 0 Å². The Labute approximate surface area is 204 Å². The van der Waals surface area contributed by atoms with Crippen LogP contribution in [0.4, 0.5) is 0 Å². The van der Waals surface area contributed by atoms with Gasteiger partial charge < -0.3 is 53.5 Å². The molecule has 0 aromatic carbocycles. The lowest BCUT2D eigenvalue weighted by Crippen LogP contribution is -2.58. The van der Waals surface area contributed by atoms with Crippen molar-refractivity contribution < 1.29 is 39.3 Å². The van der Waals surface area contributed by atoms with Gasteiger partial charge in [0, 0.05) is 24.9 Å². The van der Waals surface area contributed by atoms with Crippen LogP contribution in [0.1, 0.15) is 25.0 Å². The smallest absolute Gasteiger partial charge is 0.328 e. The number of aromatic nitrogens is 2. The number of carbonyl (C=O) groups is 5. The number of imidazole rings is 1. The number of carboxylic acid groups (broad SMARTS) is 2. The number of aliphatic carboxylic acids is 2. The third-order valence-corrected chi connectivity index (χ3v) is 4.72. The normalized spacial score (nSPS) is 13.9. The standard InChI is InChI=1S/C19H31N9O8/c20-10(5-14(30)31)15(32)27-12(4-9-6-23-8-25-9)17(34)26-11(2-1-3-24-19(21)22)16(33)28-13(7-29)18(35)36/h6,8,10-13,29H,1-5,7,20H2,(H,23,25)(H,26,34)(H,27,32)(H,28,33)(H,30,31)(H,35,36)(H4,21,22,24). The monoisotopic (exact) mass is 513 g/mol. The van der Waals surface area contributed by atoms with Gasteiger partial charge in [0.05, 0.1) is 25.4 Å². The molecule has 0 spiro atoms. The highest BCUT2D eigenvalue weighted by Crippen LogP contribution is 2.05. The summed E-state index contributed by atoms with van der Waals surface area (Å²) in [5.74, 6) is -5.68. The first-order valence-electron chi connectivity index (χ1n) is 10.7. The highest BCUT2D eigenvalue weighted by Gasteiger charge is 2.30. The van der Waals surface area contributed by atoms with Crippen molar-refractivity contribution in [2.75, 3.05) is 13.2 Å². The number of carboxylic acids is 2. The molecule has 0 saturated heterocycles. The maximum absolute atomic E-state index is 13.1. The Morgan fingerprint density at radius 3 is 2.14 bits per heavy atom. The molecule has 0 fully saturated rings. The number of aliphatic imine (C=N–C) groups is 1. The van der Waals surface area contributed by atoms with Crippen LogP contribution in [0.3, 0.4) is 0 Å². The summed E-state index contributed by atoms with van der Waals surface area (Å²) in [6, 6.07) is -5.67. The highest BCUT2D eigenvalue weighted by atomic mass is 16.4. The second-order valence-electron chi connectivity index (χ2n) is 7.64. The minimum atomic E-state index is -1.62. The van der Waals surface area contributed by atoms with Crippen molar-refractivity contribution in [3.63, 3.8) is 0 Å². The average molecular weight is 514 g/mol. The largest absolute Gasteiger partial charge is 0.481 e. The summed E-state index contributed by atoms with van der Waals surface area (Å²) < 4.78 is 0. The minimum absolute atomic E-state index is 0.0324. The van der Waals surface area contributed by atoms with E-state index in [1.807, 2.05) is 0 Å². The first kappa shape index (κ1) is 29.8. The van der Waals surface area contributed by atoms with Crippen molar-refractivity contribution in [2.45, 2.75) is 49.9 Å². The summed E-state index contributed by atoms with van der Waals surface area (Å²) >= 11 is 0. The van der Waals surface area contributed by atoms with Gasteiger partial charge in [0.1, 0.15) is 18.1 Å². The topological polar surface area (TPSA) is 301 Å². The Hall–Kier alpha value is -4.25. The van der Waals surface area contributed by atoms with E-state index in [1.54, 1.807) is 0 Å². The van der Waals surface area contributed by atoms with Crippen LogP contribution >= 0.6 is 0 Å². The molecule has 4 atom stereocenters. The zero-order valence-electron chi connectivity index (χ0n) is 19.2. The molecule has 200 valence electrons. The predicted molar refractivity (Wildman–Crippen MR) is 123 cm³/mol. The van der Waals surface area contributed by atoms with E-state index in [2.05, 4.69) is 30.9 Å². The lowest BCUT2D eigenvalue weighted by molar-refractivity contribution is -0.143. The zero-order valence-corrected chi connectivity index (χ0v) is 19.2. The molecule has 0 aliphatic heterocycles. The summed E-state index contributed by atoms with van der Waals surface area (Å²) in [5.41, 5.74) is 16.5. The quantitative estimate of drug-likeness (QED) is 0.0566. The van der Waals surface area contributed by atoms with Gasteiger partial charge in [-0.3, -0.25) is 24.2 Å². The Kier molecular flexibility index (Phi) is 12.3. The number of hydrogen-bond acceptors (Lipinski definition) is 9. The fraction of sp³-hybridized carbons (Fsp3) is 0.526. The van der Waals surface area contributed by atoms with Gasteiger partial charge in [-0.05, 0) is 12.8 Å². The summed E-state index contributed by atoms with van der Waals surface area (Å²) in [7, 11) is 0. The molecular weight excluding hydrogens is 482 g/mol. The number of guanidine groups is 1. The van der Waals surface area contributed by atoms with E-state index in [0.717, 1.165) is 0 Å². The van der Waals surface area contributed by atoms with Gasteiger partial charge >= 0.3 is 11.9 Å². The van der Waals surface area contributed by atoms with Crippen LogP contribution in [0.5, 0.6) is 0 Å². The average Bonchev–Trinajstić information content (AvgIpc) is 3.30. The summed E-state index contributed by atoms with van der Waals surface area (Å²) in [5, 5.41) is 34.0. The number of carbonyl (C=O) groups excluding carboxylic acids is 3. The Morgan fingerprint density at radius 2 is 1.61 bits per heavy atom. The Morgan fingerprint density at radius 1 is 1.00 bits per heavy atom. The van der Waals surface area contributed by atoms with Crippen molar-refractivity contribution in [2.24, 2.45) is 22.2 Å². The van der Waals surface area contributed by atoms with Crippen LogP contribution in [-0.4, -0.2) is 98.2 Å². The third-order valence-electron chi connectivity index (χ3n) is 4.72. The van der Waals surface area contributed by atoms with E-state index in [0.29, 0.717) is 5.69 Å². The van der Waals surface area contributed by atoms with E-state index in [1.165, 1.54) is 12.5 Å². The molecule has 0 radical (unpaired) electrons. The van der Waals surface area contributed by atoms with E-state index >= 15 is 0 Å². The van der Waals surface area contributed by atoms with E-state index < -0.39 is 66.9 Å². The van der Waals surface area contributed by atoms with Crippen LogP contribution in [0.25, 0.3) is 0 Å². The molecule has 1 heterocycles. The molecule has 3 amide bonds. The number of amides is 3. The summed E-state index contributed by atoms with van der Waals surface area (Å²) in [4.78, 5) is 70.5. The molecule has 17 nitrogen and oxygen atoms in total. The van der Waals surface area contributed by atoms with Gasteiger partial charge in [0.15, 0.2) is 5.96 Å². The second kappa shape index (κ2) is 14.9. The minimum Gasteiger partial charge on any atom is -0.481 e. The molecule has 0 aliphatic rings. The molecule has 17 heteroatoms. The first-order chi connectivity index (χ1) is 16.9. The molecule has 0 aliphatic carbocycles. The lowest BCUT2D eigenvalue weighted by atomic mass is 10.1. The zero-order chi connectivity index (χ0) is 27.3. The summed E-state index contributed by atoms with van der Waals surface area (Å²) in [6.45, 7) is -0.793. The molecule has 1 aromatic heterocycles. The van der Waals surface area contributed by atoms with Crippen molar-refractivity contribution >= 4 is 35.6 Å². The van der Waals surface area contributed by atoms with Gasteiger partial charge in [0.25, 0.3) is 0 Å².